The normalized spacial score (nSPS) is 11.4. The van der Waals surface area contributed by atoms with Crippen molar-refractivity contribution in [2.45, 2.75) is 18.2 Å². The summed E-state index contributed by atoms with van der Waals surface area (Å²) in [7, 11) is -3.83. The van der Waals surface area contributed by atoms with Gasteiger partial charge in [0.2, 0.25) is 10.0 Å². The number of carbonyl (C=O) groups is 1. The first kappa shape index (κ1) is 18.1. The maximum absolute atomic E-state index is 12.8. The monoisotopic (exact) mass is 369 g/mol. The number of sulfonamides is 1. The molecular weight excluding hydrogens is 350 g/mol. The minimum absolute atomic E-state index is 0.0422. The van der Waals surface area contributed by atoms with Gasteiger partial charge in [-0.3, -0.25) is 4.79 Å². The maximum Gasteiger partial charge on any atom is 0.308 e. The van der Waals surface area contributed by atoms with E-state index in [1.165, 1.54) is 13.0 Å². The Morgan fingerprint density at radius 1 is 0.962 bits per heavy atom. The molecule has 3 aromatic carbocycles. The van der Waals surface area contributed by atoms with Crippen LogP contribution in [0.5, 0.6) is 5.75 Å². The molecule has 0 bridgehead atoms. The molecule has 0 aromatic heterocycles. The molecule has 0 unspecified atom stereocenters. The third kappa shape index (κ3) is 4.09. The quantitative estimate of drug-likeness (QED) is 0.535. The number of ether oxygens (including phenoxy) is 1. The van der Waals surface area contributed by atoms with Gasteiger partial charge in [-0.25, -0.2) is 13.1 Å². The average molecular weight is 369 g/mol. The molecular formula is C20H19NO4S. The zero-order chi connectivity index (χ0) is 18.6. The first-order chi connectivity index (χ1) is 12.5. The van der Waals surface area contributed by atoms with Gasteiger partial charge in [-0.2, -0.15) is 0 Å². The van der Waals surface area contributed by atoms with E-state index in [2.05, 4.69) is 4.72 Å². The number of esters is 1. The standard InChI is InChI=1S/C20H19NO4S/c1-15(22)25-20-18-10-6-5-9-17(18)11-12-19(20)26(23,24)21-14-13-16-7-3-2-4-8-16/h2-12,21H,13-14H2,1H3. The molecule has 0 atom stereocenters. The van der Waals surface area contributed by atoms with Crippen molar-refractivity contribution in [3.8, 4) is 5.75 Å². The zero-order valence-electron chi connectivity index (χ0n) is 14.3. The van der Waals surface area contributed by atoms with Crippen LogP contribution in [0.25, 0.3) is 10.8 Å². The van der Waals surface area contributed by atoms with Crippen LogP contribution < -0.4 is 9.46 Å². The number of nitrogens with one attached hydrogen (secondary N) is 1. The van der Waals surface area contributed by atoms with Crippen LogP contribution in [0.2, 0.25) is 0 Å². The van der Waals surface area contributed by atoms with Crippen LogP contribution in [0.1, 0.15) is 12.5 Å². The maximum atomic E-state index is 12.8. The lowest BCUT2D eigenvalue weighted by Gasteiger charge is -2.13. The van der Waals surface area contributed by atoms with Crippen LogP contribution in [0, 0.1) is 0 Å². The van der Waals surface area contributed by atoms with Gasteiger partial charge in [-0.05, 0) is 23.4 Å². The number of benzene rings is 3. The summed E-state index contributed by atoms with van der Waals surface area (Å²) >= 11 is 0. The Hall–Kier alpha value is -2.70. The van der Waals surface area contributed by atoms with E-state index in [1.54, 1.807) is 18.2 Å². The molecule has 0 heterocycles. The minimum atomic E-state index is -3.83. The van der Waals surface area contributed by atoms with E-state index in [0.29, 0.717) is 11.8 Å². The largest absolute Gasteiger partial charge is 0.425 e. The van der Waals surface area contributed by atoms with Gasteiger partial charge in [-0.15, -0.1) is 0 Å². The molecule has 134 valence electrons. The number of rotatable bonds is 6. The van der Waals surface area contributed by atoms with Gasteiger partial charge in [0.1, 0.15) is 4.90 Å². The highest BCUT2D eigenvalue weighted by Gasteiger charge is 2.22. The van der Waals surface area contributed by atoms with Crippen LogP contribution in [0.3, 0.4) is 0 Å². The Kier molecular flexibility index (Phi) is 5.35. The van der Waals surface area contributed by atoms with Gasteiger partial charge in [0.25, 0.3) is 0 Å². The highest BCUT2D eigenvalue weighted by Crippen LogP contribution is 2.33. The Bertz CT molecular complexity index is 1030. The van der Waals surface area contributed by atoms with Crippen LogP contribution in [-0.4, -0.2) is 20.9 Å². The summed E-state index contributed by atoms with van der Waals surface area (Å²) in [4.78, 5) is 11.5. The second-order valence-electron chi connectivity index (χ2n) is 5.84. The Balaban J connectivity index is 1.91. The van der Waals surface area contributed by atoms with Crippen molar-refractivity contribution in [2.75, 3.05) is 6.54 Å². The van der Waals surface area contributed by atoms with E-state index < -0.39 is 16.0 Å². The predicted octanol–water partition coefficient (Wildman–Crippen LogP) is 3.29. The molecule has 1 N–H and O–H groups in total. The van der Waals surface area contributed by atoms with Crippen LogP contribution >= 0.6 is 0 Å². The molecule has 6 heteroatoms. The van der Waals surface area contributed by atoms with E-state index >= 15 is 0 Å². The SMILES string of the molecule is CC(=O)Oc1c(S(=O)(=O)NCCc2ccccc2)ccc2ccccc12. The molecule has 3 aromatic rings. The van der Waals surface area contributed by atoms with Gasteiger partial charge in [0.15, 0.2) is 5.75 Å². The lowest BCUT2D eigenvalue weighted by molar-refractivity contribution is -0.131. The van der Waals surface area contributed by atoms with Gasteiger partial charge in [0, 0.05) is 18.9 Å². The fourth-order valence-electron chi connectivity index (χ4n) is 2.74. The number of fused-ring (bicyclic) bond motifs is 1. The highest BCUT2D eigenvalue weighted by molar-refractivity contribution is 7.89. The number of carbonyl (C=O) groups excluding carboxylic acids is 1. The fraction of sp³-hybridized carbons (Fsp3) is 0.150. The van der Waals surface area contributed by atoms with Gasteiger partial charge in [-0.1, -0.05) is 60.7 Å². The van der Waals surface area contributed by atoms with E-state index in [4.69, 9.17) is 4.74 Å². The summed E-state index contributed by atoms with van der Waals surface area (Å²) in [5.74, 6) is -0.509. The first-order valence-corrected chi connectivity index (χ1v) is 9.69. The molecule has 0 saturated heterocycles. The highest BCUT2D eigenvalue weighted by atomic mass is 32.2. The van der Waals surface area contributed by atoms with Crippen LogP contribution in [0.4, 0.5) is 0 Å². The molecule has 26 heavy (non-hydrogen) atoms. The topological polar surface area (TPSA) is 72.5 Å². The summed E-state index contributed by atoms with van der Waals surface area (Å²) in [6.07, 6.45) is 0.566. The summed E-state index contributed by atoms with van der Waals surface area (Å²) in [5, 5.41) is 1.38. The molecule has 0 fully saturated rings. The number of hydrogen-bond acceptors (Lipinski definition) is 4. The molecule has 0 aliphatic heterocycles. The lowest BCUT2D eigenvalue weighted by Crippen LogP contribution is -2.26. The minimum Gasteiger partial charge on any atom is -0.425 e. The summed E-state index contributed by atoms with van der Waals surface area (Å²) in [5.41, 5.74) is 1.04. The van der Waals surface area contributed by atoms with E-state index in [-0.39, 0.29) is 17.2 Å². The van der Waals surface area contributed by atoms with Gasteiger partial charge in [0.05, 0.1) is 0 Å². The van der Waals surface area contributed by atoms with Gasteiger partial charge < -0.3 is 4.74 Å². The van der Waals surface area contributed by atoms with E-state index in [9.17, 15) is 13.2 Å². The molecule has 0 amide bonds. The van der Waals surface area contributed by atoms with E-state index in [1.807, 2.05) is 42.5 Å². The van der Waals surface area contributed by atoms with Crippen molar-refractivity contribution in [2.24, 2.45) is 0 Å². The Labute approximate surface area is 152 Å². The van der Waals surface area contributed by atoms with Crippen LogP contribution in [-0.2, 0) is 21.2 Å². The number of hydrogen-bond donors (Lipinski definition) is 1. The molecule has 0 spiro atoms. The lowest BCUT2D eigenvalue weighted by atomic mass is 10.1. The third-order valence-electron chi connectivity index (χ3n) is 3.93. The van der Waals surface area contributed by atoms with Crippen LogP contribution in [0.15, 0.2) is 71.6 Å². The van der Waals surface area contributed by atoms with Crippen molar-refractivity contribution < 1.29 is 17.9 Å². The predicted molar refractivity (Wildman–Crippen MR) is 101 cm³/mol. The second-order valence-corrected chi connectivity index (χ2v) is 7.58. The molecule has 3 rings (SSSR count). The second kappa shape index (κ2) is 7.68. The first-order valence-electron chi connectivity index (χ1n) is 8.21. The molecule has 0 aliphatic rings. The summed E-state index contributed by atoms with van der Waals surface area (Å²) in [6, 6.07) is 20.0. The molecule has 0 saturated carbocycles. The van der Waals surface area contributed by atoms with Crippen molar-refractivity contribution in [1.82, 2.24) is 4.72 Å². The van der Waals surface area contributed by atoms with Crippen molar-refractivity contribution in [3.63, 3.8) is 0 Å². The van der Waals surface area contributed by atoms with Crippen molar-refractivity contribution in [3.05, 3.63) is 72.3 Å². The Morgan fingerprint density at radius 2 is 1.65 bits per heavy atom. The third-order valence-corrected chi connectivity index (χ3v) is 5.41. The van der Waals surface area contributed by atoms with E-state index in [0.717, 1.165) is 10.9 Å². The molecule has 0 aliphatic carbocycles. The summed E-state index contributed by atoms with van der Waals surface area (Å²) < 4.78 is 33.4. The fourth-order valence-corrected chi connectivity index (χ4v) is 3.90. The van der Waals surface area contributed by atoms with Gasteiger partial charge >= 0.3 is 5.97 Å². The Morgan fingerprint density at radius 3 is 2.38 bits per heavy atom. The smallest absolute Gasteiger partial charge is 0.308 e. The van der Waals surface area contributed by atoms with Crippen molar-refractivity contribution >= 4 is 26.8 Å². The molecule has 0 radical (unpaired) electrons. The molecule has 5 nitrogen and oxygen atoms in total. The average Bonchev–Trinajstić information content (AvgIpc) is 2.62. The summed E-state index contributed by atoms with van der Waals surface area (Å²) in [6.45, 7) is 1.50. The van der Waals surface area contributed by atoms with Crippen molar-refractivity contribution in [1.29, 1.82) is 0 Å². The zero-order valence-corrected chi connectivity index (χ0v) is 15.1.